The fraction of sp³-hybridized carbons (Fsp3) is 0.400. The van der Waals surface area contributed by atoms with E-state index in [2.05, 4.69) is 10.1 Å². The quantitative estimate of drug-likeness (QED) is 0.632. The van der Waals surface area contributed by atoms with Gasteiger partial charge in [-0.05, 0) is 38.0 Å². The third-order valence-corrected chi connectivity index (χ3v) is 5.61. The van der Waals surface area contributed by atoms with E-state index in [9.17, 15) is 9.18 Å². The van der Waals surface area contributed by atoms with Gasteiger partial charge < -0.3 is 15.4 Å². The van der Waals surface area contributed by atoms with E-state index < -0.39 is 5.82 Å². The molecule has 0 amide bonds. The van der Waals surface area contributed by atoms with Crippen LogP contribution in [0.4, 0.5) is 16.2 Å². The first-order valence-electron chi connectivity index (χ1n) is 9.76. The van der Waals surface area contributed by atoms with Gasteiger partial charge in [0.2, 0.25) is 5.95 Å². The summed E-state index contributed by atoms with van der Waals surface area (Å²) in [7, 11) is 1.73. The van der Waals surface area contributed by atoms with Crippen LogP contribution in [0.15, 0.2) is 18.2 Å². The Labute approximate surface area is 177 Å². The molecule has 0 atom stereocenters. The second-order valence-corrected chi connectivity index (χ2v) is 7.63. The van der Waals surface area contributed by atoms with E-state index in [1.807, 2.05) is 4.90 Å². The fourth-order valence-corrected chi connectivity index (χ4v) is 3.85. The van der Waals surface area contributed by atoms with E-state index in [1.165, 1.54) is 16.8 Å². The topological polar surface area (TPSA) is 99.2 Å². The van der Waals surface area contributed by atoms with Gasteiger partial charge in [0.15, 0.2) is 5.65 Å². The van der Waals surface area contributed by atoms with Gasteiger partial charge in [0.1, 0.15) is 11.6 Å². The Bertz CT molecular complexity index is 1110. The number of benzene rings is 1. The minimum Gasteiger partial charge on any atom is -0.466 e. The first-order chi connectivity index (χ1) is 14.4. The van der Waals surface area contributed by atoms with E-state index in [0.717, 1.165) is 0 Å². The second-order valence-electron chi connectivity index (χ2n) is 7.22. The van der Waals surface area contributed by atoms with Gasteiger partial charge in [0, 0.05) is 25.7 Å². The Hall–Kier alpha value is -2.94. The molecular weight excluding hydrogens is 411 g/mol. The van der Waals surface area contributed by atoms with Crippen molar-refractivity contribution >= 4 is 40.4 Å². The maximum atomic E-state index is 13.7. The zero-order valence-corrected chi connectivity index (χ0v) is 17.5. The van der Waals surface area contributed by atoms with Crippen molar-refractivity contribution < 1.29 is 13.9 Å². The molecule has 30 heavy (non-hydrogen) atoms. The monoisotopic (exact) mass is 432 g/mol. The zero-order chi connectivity index (χ0) is 21.4. The van der Waals surface area contributed by atoms with Gasteiger partial charge in [0.05, 0.1) is 28.6 Å². The predicted octanol–water partition coefficient (Wildman–Crippen LogP) is 3.18. The van der Waals surface area contributed by atoms with Gasteiger partial charge in [-0.3, -0.25) is 9.48 Å². The van der Waals surface area contributed by atoms with Crippen LogP contribution in [-0.2, 0) is 16.6 Å². The number of nitrogens with zero attached hydrogens (tertiary/aromatic N) is 5. The number of halogens is 2. The van der Waals surface area contributed by atoms with Crippen LogP contribution in [0.1, 0.15) is 19.8 Å². The molecule has 0 bridgehead atoms. The molecule has 1 aromatic carbocycles. The van der Waals surface area contributed by atoms with Crippen molar-refractivity contribution in [3.8, 4) is 11.3 Å². The molecule has 1 aliphatic heterocycles. The molecule has 10 heteroatoms. The first-order valence-corrected chi connectivity index (χ1v) is 10.1. The van der Waals surface area contributed by atoms with Crippen LogP contribution >= 0.6 is 11.6 Å². The second kappa shape index (κ2) is 8.06. The van der Waals surface area contributed by atoms with Crippen LogP contribution in [-0.4, -0.2) is 45.4 Å². The number of nitrogens with two attached hydrogens (primary N) is 1. The van der Waals surface area contributed by atoms with Crippen molar-refractivity contribution in [2.24, 2.45) is 13.0 Å². The van der Waals surface area contributed by atoms with Crippen LogP contribution in [0.25, 0.3) is 22.3 Å². The third-order valence-electron chi connectivity index (χ3n) is 5.32. The van der Waals surface area contributed by atoms with Crippen LogP contribution < -0.4 is 10.6 Å². The molecule has 0 aliphatic carbocycles. The molecule has 0 saturated carbocycles. The maximum Gasteiger partial charge on any atom is 0.309 e. The van der Waals surface area contributed by atoms with Gasteiger partial charge in [-0.15, -0.1) is 0 Å². The van der Waals surface area contributed by atoms with Crippen LogP contribution in [0.5, 0.6) is 0 Å². The molecule has 1 fully saturated rings. The summed E-state index contributed by atoms with van der Waals surface area (Å²) >= 11 is 6.00. The summed E-state index contributed by atoms with van der Waals surface area (Å²) in [4.78, 5) is 23.3. The highest BCUT2D eigenvalue weighted by Crippen LogP contribution is 2.34. The smallest absolute Gasteiger partial charge is 0.309 e. The average Bonchev–Trinajstić information content (AvgIpc) is 3.03. The lowest BCUT2D eigenvalue weighted by atomic mass is 9.97. The minimum atomic E-state index is -0.508. The maximum absolute atomic E-state index is 13.7. The molecule has 4 rings (SSSR count). The number of esters is 1. The highest BCUT2D eigenvalue weighted by atomic mass is 35.5. The lowest BCUT2D eigenvalue weighted by Crippen LogP contribution is -2.38. The predicted molar refractivity (Wildman–Crippen MR) is 113 cm³/mol. The highest BCUT2D eigenvalue weighted by molar-refractivity contribution is 6.31. The van der Waals surface area contributed by atoms with Gasteiger partial charge in [0.25, 0.3) is 0 Å². The fourth-order valence-electron chi connectivity index (χ4n) is 3.67. The molecule has 3 heterocycles. The molecule has 1 aliphatic rings. The molecule has 2 N–H and O–H groups in total. The largest absolute Gasteiger partial charge is 0.466 e. The van der Waals surface area contributed by atoms with Crippen LogP contribution in [0.2, 0.25) is 5.02 Å². The number of ether oxygens (including phenoxy) is 1. The molecule has 8 nitrogen and oxygen atoms in total. The number of aromatic nitrogens is 4. The van der Waals surface area contributed by atoms with Gasteiger partial charge in [-0.1, -0.05) is 11.6 Å². The molecule has 1 saturated heterocycles. The summed E-state index contributed by atoms with van der Waals surface area (Å²) in [5, 5.41) is 4.98. The average molecular weight is 433 g/mol. The Morgan fingerprint density at radius 2 is 2.07 bits per heavy atom. The molecule has 2 aromatic heterocycles. The van der Waals surface area contributed by atoms with Gasteiger partial charge in [-0.25, -0.2) is 9.37 Å². The lowest BCUT2D eigenvalue weighted by molar-refractivity contribution is -0.148. The standard InChI is InChI=1S/C20H22ClFN6O2/c1-3-30-19(29)11-6-8-28(9-7-11)20-24-16(12-4-5-14(22)13(21)10-12)15-17(23)27(2)26-18(15)25-20/h4-5,10-11H,3,6-9,23H2,1-2H3. The number of carbonyl (C=O) groups is 1. The molecule has 158 valence electrons. The van der Waals surface area contributed by atoms with E-state index in [1.54, 1.807) is 20.0 Å². The summed E-state index contributed by atoms with van der Waals surface area (Å²) in [5.41, 5.74) is 7.81. The minimum absolute atomic E-state index is 0.00137. The van der Waals surface area contributed by atoms with E-state index in [-0.39, 0.29) is 16.9 Å². The normalized spacial score (nSPS) is 15.0. The number of aryl methyl sites for hydroxylation is 1. The Morgan fingerprint density at radius 1 is 1.33 bits per heavy atom. The lowest BCUT2D eigenvalue weighted by Gasteiger charge is -2.31. The zero-order valence-electron chi connectivity index (χ0n) is 16.7. The molecule has 0 radical (unpaired) electrons. The van der Waals surface area contributed by atoms with Crippen molar-refractivity contribution in [2.75, 3.05) is 30.3 Å². The number of carbonyl (C=O) groups excluding carboxylic acids is 1. The summed E-state index contributed by atoms with van der Waals surface area (Å²) in [6, 6.07) is 4.41. The first kappa shape index (κ1) is 20.3. The van der Waals surface area contributed by atoms with Crippen molar-refractivity contribution in [1.82, 2.24) is 19.7 Å². The Kier molecular flexibility index (Phi) is 5.46. The van der Waals surface area contributed by atoms with E-state index in [0.29, 0.717) is 66.6 Å². The summed E-state index contributed by atoms with van der Waals surface area (Å²) in [5.74, 6) is 0.107. The summed E-state index contributed by atoms with van der Waals surface area (Å²) in [6.07, 6.45) is 1.31. The van der Waals surface area contributed by atoms with Crippen molar-refractivity contribution in [1.29, 1.82) is 0 Å². The number of hydrogen-bond acceptors (Lipinski definition) is 7. The van der Waals surface area contributed by atoms with Crippen molar-refractivity contribution in [3.63, 3.8) is 0 Å². The van der Waals surface area contributed by atoms with Gasteiger partial charge >= 0.3 is 5.97 Å². The highest BCUT2D eigenvalue weighted by Gasteiger charge is 2.28. The number of fused-ring (bicyclic) bond motifs is 1. The molecule has 3 aromatic rings. The number of anilines is 2. The molecule has 0 unspecified atom stereocenters. The number of hydrogen-bond donors (Lipinski definition) is 1. The number of piperidine rings is 1. The van der Waals surface area contributed by atoms with Crippen LogP contribution in [0.3, 0.4) is 0 Å². The Balaban J connectivity index is 1.72. The van der Waals surface area contributed by atoms with Crippen LogP contribution in [0, 0.1) is 11.7 Å². The summed E-state index contributed by atoms with van der Waals surface area (Å²) < 4.78 is 20.4. The summed E-state index contributed by atoms with van der Waals surface area (Å²) in [6.45, 7) is 3.41. The Morgan fingerprint density at radius 3 is 2.73 bits per heavy atom. The SMILES string of the molecule is CCOC(=O)C1CCN(c2nc(-c3ccc(F)c(Cl)c3)c3c(N)n(C)nc3n2)CC1. The van der Waals surface area contributed by atoms with Crippen molar-refractivity contribution in [3.05, 3.63) is 29.0 Å². The van der Waals surface area contributed by atoms with E-state index >= 15 is 0 Å². The van der Waals surface area contributed by atoms with E-state index in [4.69, 9.17) is 27.1 Å². The third kappa shape index (κ3) is 3.65. The molecular formula is C20H22ClFN6O2. The molecule has 0 spiro atoms. The number of rotatable bonds is 4. The van der Waals surface area contributed by atoms with Gasteiger partial charge in [-0.2, -0.15) is 10.1 Å². The van der Waals surface area contributed by atoms with Crippen molar-refractivity contribution in [2.45, 2.75) is 19.8 Å². The number of nitrogen functional groups attached to an aromatic ring is 1.